The first-order chi connectivity index (χ1) is 11.0. The van der Waals surface area contributed by atoms with Crippen molar-refractivity contribution in [3.05, 3.63) is 33.8 Å². The number of ether oxygens (including phenoxy) is 2. The van der Waals surface area contributed by atoms with Crippen molar-refractivity contribution in [3.8, 4) is 0 Å². The summed E-state index contributed by atoms with van der Waals surface area (Å²) in [6.07, 6.45) is 0.476. The average Bonchev–Trinajstić information content (AvgIpc) is 2.55. The van der Waals surface area contributed by atoms with E-state index in [-0.39, 0.29) is 35.2 Å². The van der Waals surface area contributed by atoms with Crippen molar-refractivity contribution in [3.63, 3.8) is 0 Å². The average molecular weight is 361 g/mol. The minimum Gasteiger partial charge on any atom is -0.379 e. The summed E-state index contributed by atoms with van der Waals surface area (Å²) in [5, 5.41) is 6.03. The number of carbonyl (C=O) groups is 2. The van der Waals surface area contributed by atoms with Crippen LogP contribution in [0.15, 0.2) is 18.2 Å². The van der Waals surface area contributed by atoms with Crippen LogP contribution in [0.1, 0.15) is 16.8 Å². The summed E-state index contributed by atoms with van der Waals surface area (Å²) in [6, 6.07) is 4.44. The summed E-state index contributed by atoms with van der Waals surface area (Å²) in [6.45, 7) is 0.844. The van der Waals surface area contributed by atoms with E-state index in [1.165, 1.54) is 12.1 Å². The summed E-state index contributed by atoms with van der Waals surface area (Å²) in [7, 11) is 1.57. The third kappa shape index (κ3) is 5.07. The number of methoxy groups -OCH3 is 1. The van der Waals surface area contributed by atoms with E-state index in [1.54, 1.807) is 13.2 Å². The molecule has 1 aliphatic rings. The predicted molar refractivity (Wildman–Crippen MR) is 87.0 cm³/mol. The molecule has 1 aliphatic heterocycles. The molecule has 0 bridgehead atoms. The Morgan fingerprint density at radius 2 is 2.17 bits per heavy atom. The van der Waals surface area contributed by atoms with Crippen LogP contribution in [0.4, 0.5) is 0 Å². The molecule has 2 rings (SSSR count). The van der Waals surface area contributed by atoms with Crippen molar-refractivity contribution in [2.75, 3.05) is 26.9 Å². The molecule has 0 aliphatic carbocycles. The van der Waals surface area contributed by atoms with Gasteiger partial charge in [0.05, 0.1) is 29.8 Å². The highest BCUT2D eigenvalue weighted by Gasteiger charge is 2.27. The van der Waals surface area contributed by atoms with Crippen LogP contribution in [0.3, 0.4) is 0 Å². The molecule has 1 saturated heterocycles. The normalized spacial score (nSPS) is 20.8. The van der Waals surface area contributed by atoms with Crippen LogP contribution in [0.5, 0.6) is 0 Å². The van der Waals surface area contributed by atoms with Gasteiger partial charge in [-0.2, -0.15) is 0 Å². The van der Waals surface area contributed by atoms with Gasteiger partial charge in [-0.1, -0.05) is 23.2 Å². The third-order valence-electron chi connectivity index (χ3n) is 3.54. The molecule has 0 radical (unpaired) electrons. The number of rotatable bonds is 5. The first-order valence-corrected chi connectivity index (χ1v) is 7.90. The van der Waals surface area contributed by atoms with Crippen molar-refractivity contribution in [1.29, 1.82) is 0 Å². The Kier molecular flexibility index (Phi) is 6.65. The molecule has 2 N–H and O–H groups in total. The number of benzene rings is 1. The van der Waals surface area contributed by atoms with Crippen molar-refractivity contribution >= 4 is 35.0 Å². The van der Waals surface area contributed by atoms with Crippen LogP contribution in [-0.2, 0) is 14.3 Å². The number of nitrogens with one attached hydrogen (secondary N) is 2. The predicted octanol–water partition coefficient (Wildman–Crippen LogP) is 1.64. The maximum atomic E-state index is 12.1. The van der Waals surface area contributed by atoms with E-state index in [1.807, 2.05) is 0 Å². The van der Waals surface area contributed by atoms with Gasteiger partial charge in [0.25, 0.3) is 5.91 Å². The Balaban J connectivity index is 1.86. The van der Waals surface area contributed by atoms with E-state index in [9.17, 15) is 9.59 Å². The Hall–Kier alpha value is -1.34. The van der Waals surface area contributed by atoms with E-state index < -0.39 is 5.91 Å². The minimum absolute atomic E-state index is 0.132. The molecule has 0 unspecified atom stereocenters. The van der Waals surface area contributed by atoms with Crippen molar-refractivity contribution < 1.29 is 19.1 Å². The molecule has 1 aromatic carbocycles. The van der Waals surface area contributed by atoms with Crippen LogP contribution in [0, 0.1) is 0 Å². The smallest absolute Gasteiger partial charge is 0.253 e. The second kappa shape index (κ2) is 8.49. The van der Waals surface area contributed by atoms with Crippen molar-refractivity contribution in [2.24, 2.45) is 0 Å². The zero-order valence-electron chi connectivity index (χ0n) is 12.6. The zero-order chi connectivity index (χ0) is 16.8. The topological polar surface area (TPSA) is 76.7 Å². The molecule has 1 heterocycles. The van der Waals surface area contributed by atoms with Gasteiger partial charge < -0.3 is 20.1 Å². The Labute approximate surface area is 144 Å². The lowest BCUT2D eigenvalue weighted by Gasteiger charge is -2.31. The molecule has 0 aromatic heterocycles. The number of carbonyl (C=O) groups excluding carboxylic acids is 2. The number of halogens is 2. The van der Waals surface area contributed by atoms with Gasteiger partial charge in [0.1, 0.15) is 6.10 Å². The Morgan fingerprint density at radius 1 is 1.39 bits per heavy atom. The molecule has 2 atom stereocenters. The standard InChI is InChI=1S/C15H18Cl2N2O4/c1-22-13-8-23-5-4-12(13)19-14(20)7-18-15(21)10-6-9(16)2-3-11(10)17/h2-3,6,12-13H,4-5,7-8H2,1H3,(H,18,21)(H,19,20)/t12-,13-/m1/s1. The highest BCUT2D eigenvalue weighted by atomic mass is 35.5. The van der Waals surface area contributed by atoms with Gasteiger partial charge in [0.15, 0.2) is 0 Å². The van der Waals surface area contributed by atoms with Gasteiger partial charge in [-0.3, -0.25) is 9.59 Å². The van der Waals surface area contributed by atoms with Gasteiger partial charge in [0, 0.05) is 18.7 Å². The molecule has 0 saturated carbocycles. The van der Waals surface area contributed by atoms with E-state index in [2.05, 4.69) is 10.6 Å². The fraction of sp³-hybridized carbons (Fsp3) is 0.467. The summed E-state index contributed by atoms with van der Waals surface area (Å²) >= 11 is 11.8. The van der Waals surface area contributed by atoms with E-state index in [0.29, 0.717) is 24.7 Å². The van der Waals surface area contributed by atoms with Crippen LogP contribution >= 0.6 is 23.2 Å². The monoisotopic (exact) mass is 360 g/mol. The molecular formula is C15H18Cl2N2O4. The number of amides is 2. The molecule has 23 heavy (non-hydrogen) atoms. The molecule has 126 valence electrons. The maximum Gasteiger partial charge on any atom is 0.253 e. The van der Waals surface area contributed by atoms with Crippen LogP contribution in [-0.4, -0.2) is 50.8 Å². The Morgan fingerprint density at radius 3 is 2.91 bits per heavy atom. The molecule has 0 spiro atoms. The molecule has 1 fully saturated rings. The van der Waals surface area contributed by atoms with E-state index >= 15 is 0 Å². The van der Waals surface area contributed by atoms with Gasteiger partial charge in [-0.15, -0.1) is 0 Å². The third-order valence-corrected chi connectivity index (χ3v) is 4.10. The minimum atomic E-state index is -0.456. The summed E-state index contributed by atoms with van der Waals surface area (Å²) < 4.78 is 10.6. The fourth-order valence-corrected chi connectivity index (χ4v) is 2.67. The van der Waals surface area contributed by atoms with E-state index in [4.69, 9.17) is 32.7 Å². The van der Waals surface area contributed by atoms with Gasteiger partial charge in [0.2, 0.25) is 5.91 Å². The second-order valence-electron chi connectivity index (χ2n) is 5.12. The number of hydrogen-bond donors (Lipinski definition) is 2. The van der Waals surface area contributed by atoms with Gasteiger partial charge >= 0.3 is 0 Å². The van der Waals surface area contributed by atoms with Crippen molar-refractivity contribution in [1.82, 2.24) is 10.6 Å². The number of hydrogen-bond acceptors (Lipinski definition) is 4. The molecule has 1 aromatic rings. The quantitative estimate of drug-likeness (QED) is 0.836. The van der Waals surface area contributed by atoms with Gasteiger partial charge in [-0.05, 0) is 24.6 Å². The highest BCUT2D eigenvalue weighted by Crippen LogP contribution is 2.20. The molecule has 8 heteroatoms. The SMILES string of the molecule is CO[C@@H]1COCC[C@H]1NC(=O)CNC(=O)c1cc(Cl)ccc1Cl. The largest absolute Gasteiger partial charge is 0.379 e. The molecule has 2 amide bonds. The molecular weight excluding hydrogens is 343 g/mol. The fourth-order valence-electron chi connectivity index (χ4n) is 2.29. The van der Waals surface area contributed by atoms with Gasteiger partial charge in [-0.25, -0.2) is 0 Å². The van der Waals surface area contributed by atoms with Crippen LogP contribution in [0.2, 0.25) is 10.0 Å². The molecule has 6 nitrogen and oxygen atoms in total. The lowest BCUT2D eigenvalue weighted by Crippen LogP contribution is -2.51. The van der Waals surface area contributed by atoms with Crippen LogP contribution < -0.4 is 10.6 Å². The lowest BCUT2D eigenvalue weighted by molar-refractivity contribution is -0.124. The first kappa shape index (κ1) is 18.0. The summed E-state index contributed by atoms with van der Waals surface area (Å²) in [4.78, 5) is 24.0. The summed E-state index contributed by atoms with van der Waals surface area (Å²) in [5.41, 5.74) is 0.229. The highest BCUT2D eigenvalue weighted by molar-refractivity contribution is 6.35. The zero-order valence-corrected chi connectivity index (χ0v) is 14.1. The second-order valence-corrected chi connectivity index (χ2v) is 5.96. The summed E-state index contributed by atoms with van der Waals surface area (Å²) in [5.74, 6) is -0.756. The van der Waals surface area contributed by atoms with E-state index in [0.717, 1.165) is 0 Å². The first-order valence-electron chi connectivity index (χ1n) is 7.14. The van der Waals surface area contributed by atoms with Crippen LogP contribution in [0.25, 0.3) is 0 Å². The van der Waals surface area contributed by atoms with Crippen molar-refractivity contribution in [2.45, 2.75) is 18.6 Å². The lowest BCUT2D eigenvalue weighted by atomic mass is 10.1. The maximum absolute atomic E-state index is 12.1. The Bertz CT molecular complexity index is 583.